The maximum atomic E-state index is 12.1. The first-order valence-electron chi connectivity index (χ1n) is 8.27. The zero-order chi connectivity index (χ0) is 20.7. The number of halogens is 4. The second-order valence-corrected chi connectivity index (χ2v) is 6.40. The van der Waals surface area contributed by atoms with E-state index >= 15 is 0 Å². The third-order valence-electron chi connectivity index (χ3n) is 3.64. The monoisotopic (exact) mass is 414 g/mol. The zero-order valence-corrected chi connectivity index (χ0v) is 15.6. The van der Waals surface area contributed by atoms with Crippen LogP contribution in [-0.2, 0) is 11.3 Å². The van der Waals surface area contributed by atoms with Crippen molar-refractivity contribution in [1.29, 1.82) is 0 Å². The lowest BCUT2D eigenvalue weighted by molar-refractivity contribution is -0.153. The fraction of sp³-hybridized carbons (Fsp3) is 0.263. The van der Waals surface area contributed by atoms with Gasteiger partial charge in [-0.1, -0.05) is 23.7 Å². The third kappa shape index (κ3) is 7.11. The highest BCUT2D eigenvalue weighted by Gasteiger charge is 2.28. The Morgan fingerprint density at radius 1 is 1.07 bits per heavy atom. The molecule has 9 heteroatoms. The highest BCUT2D eigenvalue weighted by Crippen LogP contribution is 2.18. The van der Waals surface area contributed by atoms with Crippen LogP contribution in [0.4, 0.5) is 13.2 Å². The first-order valence-corrected chi connectivity index (χ1v) is 8.64. The van der Waals surface area contributed by atoms with Gasteiger partial charge in [0.05, 0.1) is 0 Å². The van der Waals surface area contributed by atoms with E-state index in [9.17, 15) is 22.8 Å². The molecule has 0 saturated heterocycles. The molecule has 2 aromatic carbocycles. The van der Waals surface area contributed by atoms with E-state index in [1.165, 1.54) is 19.1 Å². The van der Waals surface area contributed by atoms with Crippen molar-refractivity contribution in [3.8, 4) is 5.75 Å². The van der Waals surface area contributed by atoms with Gasteiger partial charge in [0.2, 0.25) is 5.91 Å². The molecule has 0 radical (unpaired) electrons. The molecule has 5 nitrogen and oxygen atoms in total. The summed E-state index contributed by atoms with van der Waals surface area (Å²) < 4.78 is 41.0. The van der Waals surface area contributed by atoms with E-state index in [-0.39, 0.29) is 12.3 Å². The van der Waals surface area contributed by atoms with Crippen molar-refractivity contribution in [2.45, 2.75) is 25.7 Å². The summed E-state index contributed by atoms with van der Waals surface area (Å²) in [5, 5.41) is 5.71. The number of rotatable bonds is 7. The van der Waals surface area contributed by atoms with Gasteiger partial charge >= 0.3 is 6.18 Å². The number of carbonyl (C=O) groups is 2. The third-order valence-corrected chi connectivity index (χ3v) is 3.89. The molecule has 0 saturated carbocycles. The second-order valence-electron chi connectivity index (χ2n) is 5.97. The van der Waals surface area contributed by atoms with Crippen molar-refractivity contribution in [2.24, 2.45) is 0 Å². The maximum absolute atomic E-state index is 12.1. The predicted molar refractivity (Wildman–Crippen MR) is 98.2 cm³/mol. The fourth-order valence-electron chi connectivity index (χ4n) is 2.16. The van der Waals surface area contributed by atoms with E-state index in [1.54, 1.807) is 36.4 Å². The van der Waals surface area contributed by atoms with E-state index in [1.807, 2.05) is 0 Å². The van der Waals surface area contributed by atoms with Crippen LogP contribution in [0.3, 0.4) is 0 Å². The van der Waals surface area contributed by atoms with Crippen LogP contribution in [0, 0.1) is 0 Å². The first-order chi connectivity index (χ1) is 13.1. The highest BCUT2D eigenvalue weighted by molar-refractivity contribution is 6.30. The summed E-state index contributed by atoms with van der Waals surface area (Å²) in [6, 6.07) is 11.3. The molecule has 0 bridgehead atoms. The molecule has 0 unspecified atom stereocenters. The second kappa shape index (κ2) is 9.45. The van der Waals surface area contributed by atoms with Crippen molar-refractivity contribution in [1.82, 2.24) is 10.6 Å². The van der Waals surface area contributed by atoms with Crippen LogP contribution in [0.25, 0.3) is 0 Å². The molecule has 0 aliphatic carbocycles. The molecule has 0 aromatic heterocycles. The first kappa shape index (κ1) is 21.6. The van der Waals surface area contributed by atoms with Gasteiger partial charge in [-0.2, -0.15) is 13.2 Å². The Labute approximate surface area is 164 Å². The SMILES string of the molecule is C[C@@H](NC(=O)c1ccc(Cl)cc1)C(=O)NCc1ccc(OCC(F)(F)F)cc1. The average molecular weight is 415 g/mol. The van der Waals surface area contributed by atoms with Crippen molar-refractivity contribution in [2.75, 3.05) is 6.61 Å². The molecule has 0 spiro atoms. The quantitative estimate of drug-likeness (QED) is 0.725. The van der Waals surface area contributed by atoms with Crippen LogP contribution in [0.5, 0.6) is 5.75 Å². The molecule has 2 amide bonds. The standard InChI is InChI=1S/C19H18ClF3N2O3/c1-12(25-18(27)14-4-6-15(20)7-5-14)17(26)24-10-13-2-8-16(9-3-13)28-11-19(21,22)23/h2-9,12H,10-11H2,1H3,(H,24,26)(H,25,27)/t12-/m1/s1. The highest BCUT2D eigenvalue weighted by atomic mass is 35.5. The molecule has 1 atom stereocenters. The Balaban J connectivity index is 1.80. The lowest BCUT2D eigenvalue weighted by Gasteiger charge is -2.14. The summed E-state index contributed by atoms with van der Waals surface area (Å²) in [5.74, 6) is -0.735. The number of ether oxygens (including phenoxy) is 1. The topological polar surface area (TPSA) is 67.4 Å². The van der Waals surface area contributed by atoms with Crippen LogP contribution in [0.1, 0.15) is 22.8 Å². The van der Waals surface area contributed by atoms with Crippen molar-refractivity contribution in [3.63, 3.8) is 0 Å². The average Bonchev–Trinajstić information content (AvgIpc) is 2.65. The Kier molecular flexibility index (Phi) is 7.28. The number of nitrogens with one attached hydrogen (secondary N) is 2. The Hall–Kier alpha value is -2.74. The number of amides is 2. The number of carbonyl (C=O) groups excluding carboxylic acids is 2. The number of benzene rings is 2. The van der Waals surface area contributed by atoms with Gasteiger partial charge in [-0.3, -0.25) is 9.59 Å². The molecule has 0 fully saturated rings. The number of hydrogen-bond acceptors (Lipinski definition) is 3. The molecular formula is C19H18ClF3N2O3. The van der Waals surface area contributed by atoms with Crippen LogP contribution in [0.15, 0.2) is 48.5 Å². The lowest BCUT2D eigenvalue weighted by atomic mass is 10.2. The minimum Gasteiger partial charge on any atom is -0.484 e. The lowest BCUT2D eigenvalue weighted by Crippen LogP contribution is -2.44. The summed E-state index contributed by atoms with van der Waals surface area (Å²) >= 11 is 5.77. The zero-order valence-electron chi connectivity index (χ0n) is 14.8. The molecule has 2 rings (SSSR count). The van der Waals surface area contributed by atoms with E-state index in [0.717, 1.165) is 0 Å². The Morgan fingerprint density at radius 2 is 1.68 bits per heavy atom. The van der Waals surface area contributed by atoms with E-state index in [4.69, 9.17) is 11.6 Å². The van der Waals surface area contributed by atoms with Gasteiger partial charge in [0.25, 0.3) is 5.91 Å². The van der Waals surface area contributed by atoms with Crippen LogP contribution >= 0.6 is 11.6 Å². The van der Waals surface area contributed by atoms with E-state index in [2.05, 4.69) is 15.4 Å². The minimum absolute atomic E-state index is 0.0796. The van der Waals surface area contributed by atoms with Crippen LogP contribution in [0.2, 0.25) is 5.02 Å². The molecule has 2 N–H and O–H groups in total. The van der Waals surface area contributed by atoms with Gasteiger partial charge in [-0.25, -0.2) is 0 Å². The molecule has 0 aliphatic rings. The normalized spacial score (nSPS) is 12.2. The maximum Gasteiger partial charge on any atom is 0.422 e. The van der Waals surface area contributed by atoms with E-state index in [0.29, 0.717) is 16.1 Å². The van der Waals surface area contributed by atoms with Crippen molar-refractivity contribution < 1.29 is 27.5 Å². The number of hydrogen-bond donors (Lipinski definition) is 2. The van der Waals surface area contributed by atoms with Crippen molar-refractivity contribution in [3.05, 3.63) is 64.7 Å². The van der Waals surface area contributed by atoms with Crippen LogP contribution in [-0.4, -0.2) is 30.6 Å². The number of alkyl halides is 3. The molecule has 28 heavy (non-hydrogen) atoms. The van der Waals surface area contributed by atoms with Gasteiger partial charge in [-0.05, 0) is 48.9 Å². The summed E-state index contributed by atoms with van der Waals surface area (Å²) in [6.07, 6.45) is -4.40. The molecule has 0 aliphatic heterocycles. The van der Waals surface area contributed by atoms with Gasteiger partial charge in [0.15, 0.2) is 6.61 Å². The van der Waals surface area contributed by atoms with Crippen molar-refractivity contribution >= 4 is 23.4 Å². The van der Waals surface area contributed by atoms with Gasteiger partial charge in [0.1, 0.15) is 11.8 Å². The summed E-state index contributed by atoms with van der Waals surface area (Å²) in [4.78, 5) is 24.2. The predicted octanol–water partition coefficient (Wildman–Crippen LogP) is 3.72. The summed E-state index contributed by atoms with van der Waals surface area (Å²) in [5.41, 5.74) is 1.04. The van der Waals surface area contributed by atoms with Crippen LogP contribution < -0.4 is 15.4 Å². The summed E-state index contributed by atoms with van der Waals surface area (Å²) in [7, 11) is 0. The molecule has 0 heterocycles. The largest absolute Gasteiger partial charge is 0.484 e. The molecule has 2 aromatic rings. The Bertz CT molecular complexity index is 809. The van der Waals surface area contributed by atoms with E-state index < -0.39 is 30.6 Å². The fourth-order valence-corrected chi connectivity index (χ4v) is 2.28. The van der Waals surface area contributed by atoms with Gasteiger partial charge in [-0.15, -0.1) is 0 Å². The van der Waals surface area contributed by atoms with Gasteiger partial charge < -0.3 is 15.4 Å². The Morgan fingerprint density at radius 3 is 2.25 bits per heavy atom. The molecule has 150 valence electrons. The smallest absolute Gasteiger partial charge is 0.422 e. The minimum atomic E-state index is -4.40. The van der Waals surface area contributed by atoms with Gasteiger partial charge in [0, 0.05) is 17.1 Å². The summed E-state index contributed by atoms with van der Waals surface area (Å²) in [6.45, 7) is 0.324. The molecular weight excluding hydrogens is 397 g/mol.